The first-order valence-corrected chi connectivity index (χ1v) is 9.92. The molecule has 2 heterocycles. The highest BCUT2D eigenvalue weighted by atomic mass is 35.5. The Kier molecular flexibility index (Phi) is 5.38. The Balaban J connectivity index is 1.65. The fraction of sp³-hybridized carbons (Fsp3) is 0.318. The zero-order chi connectivity index (χ0) is 19.7. The molecule has 2 N–H and O–H groups in total. The molecular formula is C22H23ClFN3O. The van der Waals surface area contributed by atoms with Crippen LogP contribution in [0.2, 0.25) is 5.02 Å². The van der Waals surface area contributed by atoms with E-state index in [0.29, 0.717) is 5.02 Å². The van der Waals surface area contributed by atoms with Crippen molar-refractivity contribution >= 4 is 33.9 Å². The Bertz CT molecular complexity index is 989. The van der Waals surface area contributed by atoms with E-state index in [0.717, 1.165) is 53.8 Å². The smallest absolute Gasteiger partial charge is 0.123 e. The van der Waals surface area contributed by atoms with Gasteiger partial charge in [-0.25, -0.2) is 4.39 Å². The second-order valence-corrected chi connectivity index (χ2v) is 7.74. The van der Waals surface area contributed by atoms with E-state index in [1.54, 1.807) is 12.3 Å². The molecule has 4 nitrogen and oxygen atoms in total. The zero-order valence-corrected chi connectivity index (χ0v) is 16.5. The van der Waals surface area contributed by atoms with Crippen molar-refractivity contribution in [3.05, 3.63) is 65.1 Å². The summed E-state index contributed by atoms with van der Waals surface area (Å²) in [5, 5.41) is 14.9. The van der Waals surface area contributed by atoms with E-state index in [2.05, 4.69) is 15.2 Å². The molecule has 1 aliphatic heterocycles. The Morgan fingerprint density at radius 3 is 2.75 bits per heavy atom. The van der Waals surface area contributed by atoms with Crippen molar-refractivity contribution in [2.75, 3.05) is 23.3 Å². The molecule has 1 aromatic heterocycles. The van der Waals surface area contributed by atoms with Crippen LogP contribution in [0, 0.1) is 5.82 Å². The molecule has 0 amide bonds. The Morgan fingerprint density at radius 2 is 1.96 bits per heavy atom. The number of piperidine rings is 1. The number of aromatic nitrogens is 1. The number of anilines is 2. The number of nitrogens with one attached hydrogen (secondary N) is 1. The van der Waals surface area contributed by atoms with Crippen LogP contribution in [0.3, 0.4) is 0 Å². The summed E-state index contributed by atoms with van der Waals surface area (Å²) in [5.74, 6) is -0.254. The number of hydrogen-bond acceptors (Lipinski definition) is 4. The molecule has 3 aromatic rings. The highest BCUT2D eigenvalue weighted by molar-refractivity contribution is 6.31. The van der Waals surface area contributed by atoms with Crippen LogP contribution in [-0.2, 0) is 0 Å². The molecule has 0 aliphatic carbocycles. The van der Waals surface area contributed by atoms with Gasteiger partial charge in [0.2, 0.25) is 0 Å². The molecule has 0 spiro atoms. The number of hydrogen-bond donors (Lipinski definition) is 2. The van der Waals surface area contributed by atoms with E-state index in [1.165, 1.54) is 6.07 Å². The zero-order valence-electron chi connectivity index (χ0n) is 15.7. The highest BCUT2D eigenvalue weighted by Gasteiger charge is 2.22. The molecule has 1 saturated heterocycles. The maximum Gasteiger partial charge on any atom is 0.123 e. The number of fused-ring (bicyclic) bond motifs is 1. The van der Waals surface area contributed by atoms with Gasteiger partial charge in [-0.15, -0.1) is 0 Å². The van der Waals surface area contributed by atoms with Crippen LogP contribution in [0.4, 0.5) is 15.8 Å². The van der Waals surface area contributed by atoms with Gasteiger partial charge >= 0.3 is 0 Å². The summed E-state index contributed by atoms with van der Waals surface area (Å²) in [7, 11) is 0. The fourth-order valence-electron chi connectivity index (χ4n) is 3.83. The first-order chi connectivity index (χ1) is 13.5. The summed E-state index contributed by atoms with van der Waals surface area (Å²) in [4.78, 5) is 6.60. The van der Waals surface area contributed by atoms with Gasteiger partial charge < -0.3 is 15.3 Å². The molecule has 4 rings (SSSR count). The van der Waals surface area contributed by atoms with Gasteiger partial charge in [0.05, 0.1) is 17.7 Å². The second kappa shape index (κ2) is 7.94. The predicted octanol–water partition coefficient (Wildman–Crippen LogP) is 5.16. The summed E-state index contributed by atoms with van der Waals surface area (Å²) in [6.07, 6.45) is 2.96. The molecule has 28 heavy (non-hydrogen) atoms. The minimum absolute atomic E-state index is 0.112. The van der Waals surface area contributed by atoms with Crippen molar-refractivity contribution in [3.63, 3.8) is 0 Å². The van der Waals surface area contributed by atoms with Gasteiger partial charge in [-0.1, -0.05) is 11.6 Å². The normalized spacial score (nSPS) is 16.4. The lowest BCUT2D eigenvalue weighted by molar-refractivity contribution is 0.145. The predicted molar refractivity (Wildman–Crippen MR) is 113 cm³/mol. The van der Waals surface area contributed by atoms with Crippen molar-refractivity contribution in [3.8, 4) is 0 Å². The third-order valence-electron chi connectivity index (χ3n) is 5.34. The molecule has 1 fully saturated rings. The molecule has 6 heteroatoms. The molecular weight excluding hydrogens is 377 g/mol. The van der Waals surface area contributed by atoms with Gasteiger partial charge in [0, 0.05) is 46.6 Å². The van der Waals surface area contributed by atoms with E-state index in [9.17, 15) is 9.50 Å². The number of aliphatic hydroxyl groups excluding tert-OH is 1. The summed E-state index contributed by atoms with van der Waals surface area (Å²) < 4.78 is 14.1. The van der Waals surface area contributed by atoms with Crippen molar-refractivity contribution in [2.45, 2.75) is 31.9 Å². The van der Waals surface area contributed by atoms with Gasteiger partial charge in [-0.05, 0) is 62.2 Å². The standard InChI is InChI=1S/C22H23ClFN3O/c1-14(26-20-6-9-25-21-12-15(23)2-4-18(20)21)19-13-16(24)3-5-22(19)27-10-7-17(28)8-11-27/h2-6,9,12-14,17,28H,7-8,10-11H2,1H3,(H,25,26). The van der Waals surface area contributed by atoms with Crippen LogP contribution >= 0.6 is 11.6 Å². The SMILES string of the molecule is CC(Nc1ccnc2cc(Cl)ccc12)c1cc(F)ccc1N1CCC(O)CC1. The maximum atomic E-state index is 14.1. The third kappa shape index (κ3) is 3.91. The van der Waals surface area contributed by atoms with Gasteiger partial charge in [0.25, 0.3) is 0 Å². The molecule has 1 unspecified atom stereocenters. The minimum Gasteiger partial charge on any atom is -0.393 e. The van der Waals surface area contributed by atoms with Gasteiger partial charge in [-0.3, -0.25) is 4.98 Å². The second-order valence-electron chi connectivity index (χ2n) is 7.31. The third-order valence-corrected chi connectivity index (χ3v) is 5.57. The van der Waals surface area contributed by atoms with Crippen LogP contribution in [0.1, 0.15) is 31.4 Å². The topological polar surface area (TPSA) is 48.4 Å². The van der Waals surface area contributed by atoms with Crippen LogP contribution in [-0.4, -0.2) is 29.3 Å². The number of rotatable bonds is 4. The number of aliphatic hydroxyl groups is 1. The molecule has 0 radical (unpaired) electrons. The number of pyridine rings is 1. The first-order valence-electron chi connectivity index (χ1n) is 9.54. The Morgan fingerprint density at radius 1 is 1.18 bits per heavy atom. The summed E-state index contributed by atoms with van der Waals surface area (Å²) in [6.45, 7) is 3.56. The van der Waals surface area contributed by atoms with Crippen LogP contribution in [0.15, 0.2) is 48.7 Å². The van der Waals surface area contributed by atoms with E-state index < -0.39 is 0 Å². The lowest BCUT2D eigenvalue weighted by atomic mass is 10.0. The largest absolute Gasteiger partial charge is 0.393 e. The van der Waals surface area contributed by atoms with Crippen molar-refractivity contribution in [2.24, 2.45) is 0 Å². The number of benzene rings is 2. The number of halogens is 2. The maximum absolute atomic E-state index is 14.1. The van der Waals surface area contributed by atoms with E-state index in [1.807, 2.05) is 37.3 Å². The highest BCUT2D eigenvalue weighted by Crippen LogP contribution is 2.33. The first kappa shape index (κ1) is 19.0. The van der Waals surface area contributed by atoms with Crippen LogP contribution in [0.5, 0.6) is 0 Å². The molecule has 1 atom stereocenters. The van der Waals surface area contributed by atoms with Gasteiger partial charge in [0.1, 0.15) is 5.82 Å². The van der Waals surface area contributed by atoms with Crippen molar-refractivity contribution < 1.29 is 9.50 Å². The molecule has 0 bridgehead atoms. The summed E-state index contributed by atoms with van der Waals surface area (Å²) in [6, 6.07) is 12.4. The van der Waals surface area contributed by atoms with Crippen molar-refractivity contribution in [1.82, 2.24) is 4.98 Å². The summed E-state index contributed by atoms with van der Waals surface area (Å²) >= 11 is 6.08. The molecule has 0 saturated carbocycles. The quantitative estimate of drug-likeness (QED) is 0.636. The lowest BCUT2D eigenvalue weighted by Gasteiger charge is -2.34. The Hall–Kier alpha value is -2.37. The monoisotopic (exact) mass is 399 g/mol. The van der Waals surface area contributed by atoms with Crippen molar-refractivity contribution in [1.29, 1.82) is 0 Å². The average Bonchev–Trinajstić information content (AvgIpc) is 2.68. The Labute approximate surface area is 169 Å². The molecule has 2 aromatic carbocycles. The number of nitrogens with zero attached hydrogens (tertiary/aromatic N) is 2. The minimum atomic E-state index is -0.254. The molecule has 146 valence electrons. The van der Waals surface area contributed by atoms with Crippen LogP contribution < -0.4 is 10.2 Å². The molecule has 1 aliphatic rings. The average molecular weight is 400 g/mol. The van der Waals surface area contributed by atoms with Gasteiger partial charge in [0.15, 0.2) is 0 Å². The van der Waals surface area contributed by atoms with Crippen LogP contribution in [0.25, 0.3) is 10.9 Å². The van der Waals surface area contributed by atoms with Gasteiger partial charge in [-0.2, -0.15) is 0 Å². The summed E-state index contributed by atoms with van der Waals surface area (Å²) in [5.41, 5.74) is 3.65. The lowest BCUT2D eigenvalue weighted by Crippen LogP contribution is -2.36. The van der Waals surface area contributed by atoms with E-state index in [4.69, 9.17) is 11.6 Å². The van der Waals surface area contributed by atoms with E-state index >= 15 is 0 Å². The fourth-order valence-corrected chi connectivity index (χ4v) is 3.99. The van der Waals surface area contributed by atoms with E-state index in [-0.39, 0.29) is 18.0 Å².